The van der Waals surface area contributed by atoms with Gasteiger partial charge in [0.2, 0.25) is 0 Å². The van der Waals surface area contributed by atoms with Crippen LogP contribution in [-0.4, -0.2) is 55.1 Å². The zero-order valence-electron chi connectivity index (χ0n) is 19.2. The molecule has 3 aromatic rings. The van der Waals surface area contributed by atoms with Gasteiger partial charge in [0.15, 0.2) is 5.11 Å². The maximum absolute atomic E-state index is 12.8. The minimum atomic E-state index is -0.250. The molecule has 1 aliphatic heterocycles. The molecule has 2 amide bonds. The number of carbonyl (C=O) groups is 2. The molecule has 35 heavy (non-hydrogen) atoms. The summed E-state index contributed by atoms with van der Waals surface area (Å²) in [7, 11) is 1.61. The third kappa shape index (κ3) is 6.49. The summed E-state index contributed by atoms with van der Waals surface area (Å²) in [5.74, 6) is 0.519. The average Bonchev–Trinajstić information content (AvgIpc) is 2.89. The Balaban J connectivity index is 1.27. The number of hydrogen-bond acceptors (Lipinski definition) is 5. The van der Waals surface area contributed by atoms with Crippen molar-refractivity contribution in [2.75, 3.05) is 43.5 Å². The lowest BCUT2D eigenvalue weighted by Crippen LogP contribution is -2.48. The van der Waals surface area contributed by atoms with Crippen LogP contribution in [0.2, 0.25) is 0 Å². The lowest BCUT2D eigenvalue weighted by atomic mass is 10.1. The van der Waals surface area contributed by atoms with Gasteiger partial charge in [0.25, 0.3) is 11.8 Å². The number of thiocarbonyl (C=S) groups is 1. The highest BCUT2D eigenvalue weighted by Crippen LogP contribution is 2.21. The van der Waals surface area contributed by atoms with Gasteiger partial charge in [-0.2, -0.15) is 0 Å². The number of piperazine rings is 1. The van der Waals surface area contributed by atoms with Gasteiger partial charge >= 0.3 is 0 Å². The summed E-state index contributed by atoms with van der Waals surface area (Å²) in [6.45, 7) is 2.80. The van der Waals surface area contributed by atoms with E-state index in [9.17, 15) is 9.59 Å². The fourth-order valence-electron chi connectivity index (χ4n) is 3.81. The summed E-state index contributed by atoms with van der Waals surface area (Å²) in [6.07, 6.45) is 0. The number of carbonyl (C=O) groups excluding carboxylic acids is 2. The van der Waals surface area contributed by atoms with Gasteiger partial charge in [-0.3, -0.25) is 14.9 Å². The molecule has 0 saturated carbocycles. The van der Waals surface area contributed by atoms with Crippen molar-refractivity contribution in [2.24, 2.45) is 0 Å². The Morgan fingerprint density at radius 3 is 2.23 bits per heavy atom. The van der Waals surface area contributed by atoms with E-state index in [0.717, 1.165) is 33.8 Å². The topological polar surface area (TPSA) is 73.9 Å². The molecule has 1 heterocycles. The zero-order valence-corrected chi connectivity index (χ0v) is 22.1. The summed E-state index contributed by atoms with van der Waals surface area (Å²) in [6, 6.07) is 22.4. The van der Waals surface area contributed by atoms with E-state index in [1.807, 2.05) is 41.3 Å². The van der Waals surface area contributed by atoms with Crippen molar-refractivity contribution in [1.82, 2.24) is 10.2 Å². The predicted octanol–water partition coefficient (Wildman–Crippen LogP) is 4.39. The van der Waals surface area contributed by atoms with Crippen molar-refractivity contribution in [3.63, 3.8) is 0 Å². The van der Waals surface area contributed by atoms with Gasteiger partial charge in [-0.25, -0.2) is 0 Å². The molecule has 0 spiro atoms. The molecule has 0 aliphatic carbocycles. The van der Waals surface area contributed by atoms with Gasteiger partial charge in [-0.15, -0.1) is 0 Å². The number of halogens is 1. The first kappa shape index (κ1) is 24.9. The van der Waals surface area contributed by atoms with Gasteiger partial charge in [-0.05, 0) is 102 Å². The lowest BCUT2D eigenvalue weighted by molar-refractivity contribution is 0.0746. The van der Waals surface area contributed by atoms with Crippen molar-refractivity contribution >= 4 is 63.1 Å². The summed E-state index contributed by atoms with van der Waals surface area (Å²) in [5.41, 5.74) is 3.08. The van der Waals surface area contributed by atoms with Gasteiger partial charge < -0.3 is 19.9 Å². The number of anilines is 2. The van der Waals surface area contributed by atoms with Crippen molar-refractivity contribution < 1.29 is 14.3 Å². The van der Waals surface area contributed by atoms with Gasteiger partial charge in [0.1, 0.15) is 5.75 Å². The fourth-order valence-corrected chi connectivity index (χ4v) is 4.56. The standard InChI is InChI=1S/C26H25IN4O3S/c1-34-23-11-5-18(6-12-23)25(33)31-15-13-30(14-16-31)22-9-7-21(8-10-22)28-26(35)29-24(32)19-3-2-4-20(27)17-19/h2-12,17H,13-16H2,1H3,(H2,28,29,32,35). The quantitative estimate of drug-likeness (QED) is 0.335. The largest absolute Gasteiger partial charge is 0.497 e. The van der Waals surface area contributed by atoms with E-state index in [1.54, 1.807) is 43.5 Å². The second-order valence-electron chi connectivity index (χ2n) is 7.97. The molecule has 9 heteroatoms. The van der Waals surface area contributed by atoms with E-state index in [0.29, 0.717) is 24.2 Å². The summed E-state index contributed by atoms with van der Waals surface area (Å²) < 4.78 is 6.15. The van der Waals surface area contributed by atoms with E-state index >= 15 is 0 Å². The molecule has 0 bridgehead atoms. The molecule has 1 saturated heterocycles. The van der Waals surface area contributed by atoms with Crippen LogP contribution < -0.4 is 20.3 Å². The number of rotatable bonds is 5. The van der Waals surface area contributed by atoms with Crippen LogP contribution in [0.5, 0.6) is 5.75 Å². The average molecular weight is 600 g/mol. The predicted molar refractivity (Wildman–Crippen MR) is 150 cm³/mol. The van der Waals surface area contributed by atoms with Crippen LogP contribution in [0.25, 0.3) is 0 Å². The minimum Gasteiger partial charge on any atom is -0.497 e. The number of hydrogen-bond donors (Lipinski definition) is 2. The first-order chi connectivity index (χ1) is 16.9. The van der Waals surface area contributed by atoms with Crippen LogP contribution in [0.1, 0.15) is 20.7 Å². The number of ether oxygens (including phenoxy) is 1. The van der Waals surface area contributed by atoms with Crippen molar-refractivity contribution in [1.29, 1.82) is 0 Å². The molecular weight excluding hydrogens is 575 g/mol. The highest BCUT2D eigenvalue weighted by atomic mass is 127. The van der Waals surface area contributed by atoms with Crippen LogP contribution in [0.4, 0.5) is 11.4 Å². The maximum Gasteiger partial charge on any atom is 0.257 e. The molecule has 180 valence electrons. The first-order valence-electron chi connectivity index (χ1n) is 11.1. The van der Waals surface area contributed by atoms with Crippen molar-refractivity contribution in [2.45, 2.75) is 0 Å². The van der Waals surface area contributed by atoms with E-state index in [4.69, 9.17) is 17.0 Å². The molecule has 0 radical (unpaired) electrons. The first-order valence-corrected chi connectivity index (χ1v) is 12.6. The Bertz CT molecular complexity index is 1210. The summed E-state index contributed by atoms with van der Waals surface area (Å²) in [4.78, 5) is 29.3. The molecular formula is C26H25IN4O3S. The number of methoxy groups -OCH3 is 1. The molecule has 1 fully saturated rings. The monoisotopic (exact) mass is 600 g/mol. The fraction of sp³-hybridized carbons (Fsp3) is 0.192. The second-order valence-corrected chi connectivity index (χ2v) is 9.63. The van der Waals surface area contributed by atoms with Gasteiger partial charge in [0.05, 0.1) is 7.11 Å². The maximum atomic E-state index is 12.8. The number of amides is 2. The van der Waals surface area contributed by atoms with Crippen LogP contribution in [-0.2, 0) is 0 Å². The molecule has 1 aliphatic rings. The third-order valence-corrected chi connectivity index (χ3v) is 6.58. The lowest BCUT2D eigenvalue weighted by Gasteiger charge is -2.36. The Morgan fingerprint density at radius 1 is 0.914 bits per heavy atom. The highest BCUT2D eigenvalue weighted by molar-refractivity contribution is 14.1. The molecule has 0 atom stereocenters. The Morgan fingerprint density at radius 2 is 1.60 bits per heavy atom. The summed E-state index contributed by atoms with van der Waals surface area (Å²) >= 11 is 7.46. The van der Waals surface area contributed by atoms with Crippen molar-refractivity contribution in [3.05, 3.63) is 87.5 Å². The van der Waals surface area contributed by atoms with Crippen LogP contribution in [0.3, 0.4) is 0 Å². The van der Waals surface area contributed by atoms with E-state index in [-0.39, 0.29) is 16.9 Å². The van der Waals surface area contributed by atoms with Gasteiger partial charge in [-0.1, -0.05) is 6.07 Å². The SMILES string of the molecule is COc1ccc(C(=O)N2CCN(c3ccc(NC(=S)NC(=O)c4cccc(I)c4)cc3)CC2)cc1. The van der Waals surface area contributed by atoms with E-state index in [2.05, 4.69) is 38.1 Å². The van der Waals surface area contributed by atoms with Crippen LogP contribution in [0.15, 0.2) is 72.8 Å². The number of nitrogens with one attached hydrogen (secondary N) is 2. The minimum absolute atomic E-state index is 0.0348. The van der Waals surface area contributed by atoms with Gasteiger partial charge in [0, 0.05) is 52.3 Å². The second kappa shape index (κ2) is 11.5. The normalized spacial score (nSPS) is 13.2. The molecule has 0 unspecified atom stereocenters. The number of benzene rings is 3. The summed E-state index contributed by atoms with van der Waals surface area (Å²) in [5, 5.41) is 6.00. The van der Waals surface area contributed by atoms with Crippen molar-refractivity contribution in [3.8, 4) is 5.75 Å². The third-order valence-electron chi connectivity index (χ3n) is 5.71. The smallest absolute Gasteiger partial charge is 0.257 e. The zero-order chi connectivity index (χ0) is 24.8. The van der Waals surface area contributed by atoms with Crippen LogP contribution >= 0.6 is 34.8 Å². The molecule has 2 N–H and O–H groups in total. The van der Waals surface area contributed by atoms with E-state index < -0.39 is 0 Å². The Labute approximate surface area is 223 Å². The van der Waals surface area contributed by atoms with Crippen LogP contribution in [0, 0.1) is 3.57 Å². The molecule has 7 nitrogen and oxygen atoms in total. The molecule has 4 rings (SSSR count). The Hall–Kier alpha value is -3.18. The molecule has 3 aromatic carbocycles. The van der Waals surface area contributed by atoms with E-state index in [1.165, 1.54) is 0 Å². The highest BCUT2D eigenvalue weighted by Gasteiger charge is 2.22. The Kier molecular flexibility index (Phi) is 8.19. The molecule has 0 aromatic heterocycles. The number of nitrogens with zero attached hydrogens (tertiary/aromatic N) is 2.